The van der Waals surface area contributed by atoms with Crippen molar-refractivity contribution >= 4 is 0 Å². The van der Waals surface area contributed by atoms with Gasteiger partial charge in [-0.05, 0) is 18.9 Å². The molecule has 0 aromatic carbocycles. The smallest absolute Gasteiger partial charge is 0.0558 e. The lowest BCUT2D eigenvalue weighted by atomic mass is 10.1. The first-order chi connectivity index (χ1) is 7.38. The highest BCUT2D eigenvalue weighted by molar-refractivity contribution is 4.79. The molecule has 0 unspecified atom stereocenters. The number of aliphatic hydroxyl groups excluding tert-OH is 1. The highest BCUT2D eigenvalue weighted by Gasteiger charge is 2.24. The minimum absolute atomic E-state index is 0.306. The van der Waals surface area contributed by atoms with Gasteiger partial charge in [-0.25, -0.2) is 0 Å². The Morgan fingerprint density at radius 1 is 1.13 bits per heavy atom. The van der Waals surface area contributed by atoms with E-state index in [1.54, 1.807) is 0 Å². The Morgan fingerprint density at radius 2 is 1.93 bits per heavy atom. The summed E-state index contributed by atoms with van der Waals surface area (Å²) in [5.41, 5.74) is 0. The number of likely N-dealkylation sites (tertiary alicyclic amines) is 1. The molecule has 2 heterocycles. The summed E-state index contributed by atoms with van der Waals surface area (Å²) in [6.45, 7) is 9.48. The molecule has 0 spiro atoms. The normalized spacial score (nSPS) is 29.8. The number of β-amino-alcohol motifs (C(OH)–C–C–N with tert-alkyl or cyclic N) is 1. The van der Waals surface area contributed by atoms with Gasteiger partial charge in [0.15, 0.2) is 0 Å². The molecule has 4 heteroatoms. The first-order valence-electron chi connectivity index (χ1n) is 6.15. The predicted octanol–water partition coefficient (Wildman–Crippen LogP) is -0.794. The van der Waals surface area contributed by atoms with Crippen LogP contribution in [-0.2, 0) is 0 Å². The second-order valence-electron chi connectivity index (χ2n) is 4.73. The molecule has 88 valence electrons. The largest absolute Gasteiger partial charge is 0.395 e. The highest BCUT2D eigenvalue weighted by atomic mass is 16.3. The maximum absolute atomic E-state index is 8.87. The summed E-state index contributed by atoms with van der Waals surface area (Å²) in [6.07, 6.45) is 1.31. The van der Waals surface area contributed by atoms with Crippen LogP contribution in [0.15, 0.2) is 0 Å². The van der Waals surface area contributed by atoms with E-state index in [2.05, 4.69) is 15.1 Å². The fraction of sp³-hybridized carbons (Fsp3) is 1.00. The third kappa shape index (κ3) is 3.41. The van der Waals surface area contributed by atoms with Crippen LogP contribution in [0.4, 0.5) is 0 Å². The zero-order valence-electron chi connectivity index (χ0n) is 9.49. The van der Waals surface area contributed by atoms with Crippen molar-refractivity contribution < 1.29 is 5.11 Å². The van der Waals surface area contributed by atoms with E-state index < -0.39 is 0 Å². The van der Waals surface area contributed by atoms with Gasteiger partial charge in [-0.15, -0.1) is 0 Å². The summed E-state index contributed by atoms with van der Waals surface area (Å²) in [4.78, 5) is 4.95. The summed E-state index contributed by atoms with van der Waals surface area (Å²) in [5.74, 6) is 0.828. The summed E-state index contributed by atoms with van der Waals surface area (Å²) in [5, 5.41) is 12.3. The SMILES string of the molecule is OCCN1CC[C@H](CN2CCNCC2)C1. The van der Waals surface area contributed by atoms with E-state index in [0.717, 1.165) is 25.6 Å². The van der Waals surface area contributed by atoms with E-state index in [4.69, 9.17) is 5.11 Å². The van der Waals surface area contributed by atoms with Crippen LogP contribution in [0.5, 0.6) is 0 Å². The van der Waals surface area contributed by atoms with Crippen molar-refractivity contribution in [2.24, 2.45) is 5.92 Å². The zero-order valence-corrected chi connectivity index (χ0v) is 9.49. The Kier molecular flexibility index (Phi) is 4.38. The highest BCUT2D eigenvalue weighted by Crippen LogP contribution is 2.17. The van der Waals surface area contributed by atoms with Crippen LogP contribution in [0.1, 0.15) is 6.42 Å². The molecule has 0 saturated carbocycles. The molecule has 2 aliphatic rings. The topological polar surface area (TPSA) is 38.7 Å². The van der Waals surface area contributed by atoms with E-state index in [9.17, 15) is 0 Å². The van der Waals surface area contributed by atoms with Gasteiger partial charge in [0.1, 0.15) is 0 Å². The number of aliphatic hydroxyl groups is 1. The molecule has 15 heavy (non-hydrogen) atoms. The van der Waals surface area contributed by atoms with Gasteiger partial charge >= 0.3 is 0 Å². The van der Waals surface area contributed by atoms with Crippen LogP contribution in [0.3, 0.4) is 0 Å². The average Bonchev–Trinajstić information content (AvgIpc) is 2.68. The van der Waals surface area contributed by atoms with Gasteiger partial charge < -0.3 is 20.2 Å². The Hall–Kier alpha value is -0.160. The maximum atomic E-state index is 8.87. The monoisotopic (exact) mass is 213 g/mol. The molecule has 2 aliphatic heterocycles. The second kappa shape index (κ2) is 5.80. The molecule has 1 atom stereocenters. The van der Waals surface area contributed by atoms with E-state index in [0.29, 0.717) is 6.61 Å². The number of nitrogens with zero attached hydrogens (tertiary/aromatic N) is 2. The molecule has 4 nitrogen and oxygen atoms in total. The van der Waals surface area contributed by atoms with Crippen molar-refractivity contribution in [2.75, 3.05) is 59.0 Å². The predicted molar refractivity (Wildman–Crippen MR) is 60.9 cm³/mol. The molecular formula is C11H23N3O. The first-order valence-corrected chi connectivity index (χ1v) is 6.15. The quantitative estimate of drug-likeness (QED) is 0.642. The molecule has 0 radical (unpaired) electrons. The van der Waals surface area contributed by atoms with Gasteiger partial charge in [0.05, 0.1) is 6.61 Å². The Morgan fingerprint density at radius 3 is 2.67 bits per heavy atom. The number of nitrogens with one attached hydrogen (secondary N) is 1. The number of rotatable bonds is 4. The Bertz CT molecular complexity index is 183. The molecule has 2 saturated heterocycles. The van der Waals surface area contributed by atoms with Gasteiger partial charge in [-0.2, -0.15) is 0 Å². The van der Waals surface area contributed by atoms with Crippen molar-refractivity contribution in [2.45, 2.75) is 6.42 Å². The molecule has 2 rings (SSSR count). The minimum Gasteiger partial charge on any atom is -0.395 e. The van der Waals surface area contributed by atoms with Gasteiger partial charge in [-0.1, -0.05) is 0 Å². The second-order valence-corrected chi connectivity index (χ2v) is 4.73. The van der Waals surface area contributed by atoms with Crippen LogP contribution >= 0.6 is 0 Å². The lowest BCUT2D eigenvalue weighted by Crippen LogP contribution is -2.45. The Labute approximate surface area is 92.2 Å². The van der Waals surface area contributed by atoms with Crippen LogP contribution in [0.25, 0.3) is 0 Å². The van der Waals surface area contributed by atoms with E-state index in [1.807, 2.05) is 0 Å². The summed E-state index contributed by atoms with van der Waals surface area (Å²) in [7, 11) is 0. The van der Waals surface area contributed by atoms with Crippen molar-refractivity contribution in [3.8, 4) is 0 Å². The first kappa shape index (κ1) is 11.3. The fourth-order valence-electron chi connectivity index (χ4n) is 2.67. The van der Waals surface area contributed by atoms with E-state index in [1.165, 1.54) is 39.1 Å². The van der Waals surface area contributed by atoms with Gasteiger partial charge in [0.2, 0.25) is 0 Å². The lowest BCUT2D eigenvalue weighted by molar-refractivity contribution is 0.191. The molecule has 0 aliphatic carbocycles. The minimum atomic E-state index is 0.306. The third-order valence-electron chi connectivity index (χ3n) is 3.51. The molecule has 0 bridgehead atoms. The molecule has 0 amide bonds. The molecular weight excluding hydrogens is 190 g/mol. The van der Waals surface area contributed by atoms with Gasteiger partial charge in [0, 0.05) is 45.8 Å². The van der Waals surface area contributed by atoms with E-state index >= 15 is 0 Å². The zero-order chi connectivity index (χ0) is 10.5. The van der Waals surface area contributed by atoms with Gasteiger partial charge in [0.25, 0.3) is 0 Å². The summed E-state index contributed by atoms with van der Waals surface area (Å²) >= 11 is 0. The van der Waals surface area contributed by atoms with Crippen LogP contribution in [0, 0.1) is 5.92 Å². The standard InChI is InChI=1S/C11H23N3O/c15-8-7-13-4-1-11(9-13)10-14-5-2-12-3-6-14/h11-12,15H,1-10H2/t11-/m0/s1. The number of piperazine rings is 1. The molecule has 2 N–H and O–H groups in total. The van der Waals surface area contributed by atoms with Gasteiger partial charge in [-0.3, -0.25) is 0 Å². The summed E-state index contributed by atoms with van der Waals surface area (Å²) in [6, 6.07) is 0. The van der Waals surface area contributed by atoms with Crippen molar-refractivity contribution in [3.63, 3.8) is 0 Å². The average molecular weight is 213 g/mol. The van der Waals surface area contributed by atoms with Crippen LogP contribution < -0.4 is 5.32 Å². The van der Waals surface area contributed by atoms with Crippen molar-refractivity contribution in [1.82, 2.24) is 15.1 Å². The van der Waals surface area contributed by atoms with Crippen LogP contribution in [-0.4, -0.2) is 73.9 Å². The summed E-state index contributed by atoms with van der Waals surface area (Å²) < 4.78 is 0. The maximum Gasteiger partial charge on any atom is 0.0558 e. The molecule has 2 fully saturated rings. The molecule has 0 aromatic rings. The van der Waals surface area contributed by atoms with Crippen molar-refractivity contribution in [1.29, 1.82) is 0 Å². The number of hydrogen-bond acceptors (Lipinski definition) is 4. The van der Waals surface area contributed by atoms with Crippen molar-refractivity contribution in [3.05, 3.63) is 0 Å². The third-order valence-corrected chi connectivity index (χ3v) is 3.51. The fourth-order valence-corrected chi connectivity index (χ4v) is 2.67. The molecule has 0 aromatic heterocycles. The lowest BCUT2D eigenvalue weighted by Gasteiger charge is -2.29. The number of hydrogen-bond donors (Lipinski definition) is 2. The Balaban J connectivity index is 1.67. The van der Waals surface area contributed by atoms with E-state index in [-0.39, 0.29) is 0 Å². The van der Waals surface area contributed by atoms with Crippen LogP contribution in [0.2, 0.25) is 0 Å².